The lowest BCUT2D eigenvalue weighted by Gasteiger charge is -2.07. The zero-order valence-corrected chi connectivity index (χ0v) is 11.3. The minimum Gasteiger partial charge on any atom is -0.465 e. The van der Waals surface area contributed by atoms with E-state index < -0.39 is 5.97 Å². The van der Waals surface area contributed by atoms with Crippen molar-refractivity contribution in [3.8, 4) is 0 Å². The molecule has 19 heavy (non-hydrogen) atoms. The maximum absolute atomic E-state index is 11.9. The number of ether oxygens (including phenoxy) is 1. The molecule has 0 aliphatic heterocycles. The number of hydrogen-bond acceptors (Lipinski definition) is 4. The number of fused-ring (bicyclic) bond motifs is 1. The molecule has 4 nitrogen and oxygen atoms in total. The molecule has 0 saturated heterocycles. The Labute approximate surface area is 115 Å². The molecular weight excluding hydrogens is 268 g/mol. The van der Waals surface area contributed by atoms with Crippen LogP contribution >= 0.6 is 11.6 Å². The van der Waals surface area contributed by atoms with Crippen molar-refractivity contribution in [2.75, 3.05) is 13.7 Å². The largest absolute Gasteiger partial charge is 0.465 e. The molecule has 2 aromatic rings. The molecule has 0 saturated carbocycles. The van der Waals surface area contributed by atoms with Crippen molar-refractivity contribution in [3.05, 3.63) is 40.1 Å². The fraction of sp³-hybridized carbons (Fsp3) is 0.214. The summed E-state index contributed by atoms with van der Waals surface area (Å²) in [7, 11) is 1.30. The molecule has 0 amide bonds. The van der Waals surface area contributed by atoms with E-state index in [1.54, 1.807) is 25.1 Å². The van der Waals surface area contributed by atoms with Gasteiger partial charge in [-0.2, -0.15) is 0 Å². The number of rotatable bonds is 3. The number of furan rings is 1. The van der Waals surface area contributed by atoms with E-state index in [0.717, 1.165) is 5.39 Å². The number of aryl methyl sites for hydroxylation is 1. The van der Waals surface area contributed by atoms with Gasteiger partial charge in [0, 0.05) is 16.0 Å². The molecule has 0 radical (unpaired) electrons. The van der Waals surface area contributed by atoms with Crippen LogP contribution in [0.15, 0.2) is 22.6 Å². The van der Waals surface area contributed by atoms with E-state index in [1.807, 2.05) is 0 Å². The van der Waals surface area contributed by atoms with Crippen molar-refractivity contribution < 1.29 is 19.1 Å². The Morgan fingerprint density at radius 2 is 2.26 bits per heavy atom. The average Bonchev–Trinajstić information content (AvgIpc) is 2.74. The maximum atomic E-state index is 11.9. The Hall–Kier alpha value is -1.78. The van der Waals surface area contributed by atoms with Crippen LogP contribution in [0.5, 0.6) is 0 Å². The molecule has 0 unspecified atom stereocenters. The predicted molar refractivity (Wildman–Crippen MR) is 73.4 cm³/mol. The second-order valence-corrected chi connectivity index (χ2v) is 4.41. The van der Waals surface area contributed by atoms with Crippen LogP contribution < -0.4 is 0 Å². The number of carbonyl (C=O) groups is 1. The minimum atomic E-state index is -0.528. The molecule has 1 aromatic carbocycles. The zero-order valence-electron chi connectivity index (χ0n) is 10.6. The number of methoxy groups -OCH3 is 1. The van der Waals surface area contributed by atoms with Crippen molar-refractivity contribution in [2.45, 2.75) is 6.92 Å². The molecule has 0 fully saturated rings. The third kappa shape index (κ3) is 2.50. The third-order valence-electron chi connectivity index (χ3n) is 2.70. The molecule has 0 aliphatic rings. The number of halogens is 1. The average molecular weight is 281 g/mol. The van der Waals surface area contributed by atoms with Crippen LogP contribution in [0.25, 0.3) is 17.0 Å². The lowest BCUT2D eigenvalue weighted by atomic mass is 10.0. The van der Waals surface area contributed by atoms with E-state index in [1.165, 1.54) is 13.2 Å². The topological polar surface area (TPSA) is 59.7 Å². The fourth-order valence-corrected chi connectivity index (χ4v) is 2.21. The zero-order chi connectivity index (χ0) is 14.0. The van der Waals surface area contributed by atoms with Crippen LogP contribution in [0, 0.1) is 6.92 Å². The molecule has 1 N–H and O–H groups in total. The van der Waals surface area contributed by atoms with Gasteiger partial charge in [0.2, 0.25) is 0 Å². The number of aliphatic hydroxyl groups excluding tert-OH is 1. The number of esters is 1. The summed E-state index contributed by atoms with van der Waals surface area (Å²) in [5.74, 6) is 0.152. The van der Waals surface area contributed by atoms with E-state index in [2.05, 4.69) is 0 Å². The normalized spacial score (nSPS) is 11.4. The molecule has 1 aromatic heterocycles. The SMILES string of the molecule is COC(=O)c1c(C=CCO)c(Cl)cc2cc(C)oc12. The van der Waals surface area contributed by atoms with Crippen molar-refractivity contribution in [3.63, 3.8) is 0 Å². The molecule has 0 atom stereocenters. The summed E-state index contributed by atoms with van der Waals surface area (Å²) in [6.45, 7) is 1.64. The molecule has 0 bridgehead atoms. The first kappa shape index (κ1) is 13.6. The maximum Gasteiger partial charge on any atom is 0.342 e. The molecular formula is C14H13ClO4. The second-order valence-electron chi connectivity index (χ2n) is 4.00. The van der Waals surface area contributed by atoms with Gasteiger partial charge in [-0.25, -0.2) is 4.79 Å². The monoisotopic (exact) mass is 280 g/mol. The van der Waals surface area contributed by atoms with Gasteiger partial charge in [0.15, 0.2) is 0 Å². The first-order chi connectivity index (χ1) is 9.08. The van der Waals surface area contributed by atoms with E-state index in [9.17, 15) is 4.79 Å². The Morgan fingerprint density at radius 1 is 1.53 bits per heavy atom. The first-order valence-corrected chi connectivity index (χ1v) is 6.04. The number of benzene rings is 1. The van der Waals surface area contributed by atoms with E-state index >= 15 is 0 Å². The van der Waals surface area contributed by atoms with Gasteiger partial charge in [0.25, 0.3) is 0 Å². The summed E-state index contributed by atoms with van der Waals surface area (Å²) >= 11 is 6.17. The van der Waals surface area contributed by atoms with Gasteiger partial charge in [-0.05, 0) is 19.1 Å². The van der Waals surface area contributed by atoms with Crippen molar-refractivity contribution >= 4 is 34.6 Å². The van der Waals surface area contributed by atoms with Gasteiger partial charge in [0.05, 0.1) is 13.7 Å². The molecule has 100 valence electrons. The van der Waals surface area contributed by atoms with Gasteiger partial charge in [-0.1, -0.05) is 23.8 Å². The van der Waals surface area contributed by atoms with Gasteiger partial charge in [0.1, 0.15) is 16.9 Å². The van der Waals surface area contributed by atoms with Crippen molar-refractivity contribution in [2.24, 2.45) is 0 Å². The second kappa shape index (κ2) is 5.47. The lowest BCUT2D eigenvalue weighted by molar-refractivity contribution is 0.0601. The minimum absolute atomic E-state index is 0.147. The summed E-state index contributed by atoms with van der Waals surface area (Å²) in [6.07, 6.45) is 3.07. The van der Waals surface area contributed by atoms with Crippen molar-refractivity contribution in [1.29, 1.82) is 0 Å². The first-order valence-electron chi connectivity index (χ1n) is 5.66. The molecule has 0 spiro atoms. The number of aliphatic hydroxyl groups is 1. The van der Waals surface area contributed by atoms with Gasteiger partial charge < -0.3 is 14.3 Å². The van der Waals surface area contributed by atoms with Crippen LogP contribution in [0.1, 0.15) is 21.7 Å². The van der Waals surface area contributed by atoms with Crippen molar-refractivity contribution in [1.82, 2.24) is 0 Å². The Morgan fingerprint density at radius 3 is 2.89 bits per heavy atom. The number of hydrogen-bond donors (Lipinski definition) is 1. The van der Waals surface area contributed by atoms with Gasteiger partial charge >= 0.3 is 5.97 Å². The molecule has 1 heterocycles. The predicted octanol–water partition coefficient (Wildman–Crippen LogP) is 3.19. The van der Waals surface area contributed by atoms with E-state index in [4.69, 9.17) is 25.9 Å². The smallest absolute Gasteiger partial charge is 0.342 e. The van der Waals surface area contributed by atoms with Gasteiger partial charge in [-0.3, -0.25) is 0 Å². The highest BCUT2D eigenvalue weighted by Crippen LogP contribution is 2.32. The molecule has 0 aliphatic carbocycles. The molecule has 5 heteroatoms. The highest BCUT2D eigenvalue weighted by molar-refractivity contribution is 6.34. The standard InChI is InChI=1S/C14H13ClO4/c1-8-6-9-7-11(15)10(4-3-5-16)12(13(9)19-8)14(17)18-2/h3-4,6-7,16H,5H2,1-2H3. The lowest BCUT2D eigenvalue weighted by Crippen LogP contribution is -2.05. The Kier molecular flexibility index (Phi) is 3.93. The summed E-state index contributed by atoms with van der Waals surface area (Å²) < 4.78 is 10.3. The summed E-state index contributed by atoms with van der Waals surface area (Å²) in [5, 5.41) is 9.99. The van der Waals surface area contributed by atoms with Crippen LogP contribution in [0.3, 0.4) is 0 Å². The van der Waals surface area contributed by atoms with Crippen LogP contribution in [-0.2, 0) is 4.74 Å². The Balaban J connectivity index is 2.80. The highest BCUT2D eigenvalue weighted by Gasteiger charge is 2.20. The number of carbonyl (C=O) groups excluding carboxylic acids is 1. The van der Waals surface area contributed by atoms with E-state index in [0.29, 0.717) is 21.9 Å². The summed E-state index contributed by atoms with van der Waals surface area (Å²) in [5.41, 5.74) is 1.18. The van der Waals surface area contributed by atoms with Gasteiger partial charge in [-0.15, -0.1) is 0 Å². The molecule has 2 rings (SSSR count). The van der Waals surface area contributed by atoms with Crippen LogP contribution in [0.2, 0.25) is 5.02 Å². The quantitative estimate of drug-likeness (QED) is 0.877. The third-order valence-corrected chi connectivity index (χ3v) is 3.01. The van der Waals surface area contributed by atoms with E-state index in [-0.39, 0.29) is 12.2 Å². The summed E-state index contributed by atoms with van der Waals surface area (Å²) in [6, 6.07) is 3.52. The highest BCUT2D eigenvalue weighted by atomic mass is 35.5. The Bertz CT molecular complexity index is 655. The van der Waals surface area contributed by atoms with Crippen LogP contribution in [0.4, 0.5) is 0 Å². The summed E-state index contributed by atoms with van der Waals surface area (Å²) in [4.78, 5) is 11.9. The van der Waals surface area contributed by atoms with Crippen LogP contribution in [-0.4, -0.2) is 24.8 Å². The fourth-order valence-electron chi connectivity index (χ4n) is 1.93.